The Kier molecular flexibility index (Phi) is 3.05. The van der Waals surface area contributed by atoms with Gasteiger partial charge < -0.3 is 19.3 Å². The molecule has 76 valence electrons. The number of hydrogen-bond donors (Lipinski definition) is 1. The number of carbonyl (C=O) groups is 1. The number of carbonyl (C=O) groups excluding carboxylic acids is 1. The fraction of sp³-hybridized carbons (Fsp3) is 0.857. The summed E-state index contributed by atoms with van der Waals surface area (Å²) in [7, 11) is 1.12. The van der Waals surface area contributed by atoms with E-state index in [-0.39, 0.29) is 0 Å². The van der Waals surface area contributed by atoms with Crippen molar-refractivity contribution in [3.05, 3.63) is 0 Å². The first-order valence-electron chi connectivity index (χ1n) is 3.78. The zero-order valence-electron chi connectivity index (χ0n) is 7.27. The molecule has 0 bridgehead atoms. The van der Waals surface area contributed by atoms with Crippen LogP contribution in [0.3, 0.4) is 0 Å². The predicted octanol–water partition coefficient (Wildman–Crippen LogP) is 0.213. The molecule has 1 fully saturated rings. The number of ether oxygens (including phenoxy) is 3. The summed E-state index contributed by atoms with van der Waals surface area (Å²) in [6.07, 6.45) is -6.04. The molecule has 1 aliphatic rings. The van der Waals surface area contributed by atoms with Crippen molar-refractivity contribution in [3.8, 4) is 0 Å². The number of aliphatic hydroxyl groups is 1. The van der Waals surface area contributed by atoms with Crippen LogP contribution in [0.4, 0.5) is 9.18 Å². The van der Waals surface area contributed by atoms with Gasteiger partial charge in [0, 0.05) is 0 Å². The second-order valence-electron chi connectivity index (χ2n) is 2.71. The maximum Gasteiger partial charge on any atom is 0.508 e. The van der Waals surface area contributed by atoms with Gasteiger partial charge in [0.15, 0.2) is 18.6 Å². The number of rotatable bonds is 1. The zero-order valence-corrected chi connectivity index (χ0v) is 7.27. The summed E-state index contributed by atoms with van der Waals surface area (Å²) < 4.78 is 26.4. The van der Waals surface area contributed by atoms with Gasteiger partial charge in [0.25, 0.3) is 0 Å². The van der Waals surface area contributed by atoms with Crippen LogP contribution >= 0.6 is 0 Å². The summed E-state index contributed by atoms with van der Waals surface area (Å²) in [5.41, 5.74) is 0. The molecule has 5 nitrogen and oxygen atoms in total. The van der Waals surface area contributed by atoms with Crippen molar-refractivity contribution in [2.75, 3.05) is 7.11 Å². The minimum absolute atomic E-state index is 0.677. The smallest absolute Gasteiger partial charge is 0.438 e. The molecule has 0 spiro atoms. The van der Waals surface area contributed by atoms with Crippen molar-refractivity contribution < 1.29 is 28.5 Å². The summed E-state index contributed by atoms with van der Waals surface area (Å²) in [5.74, 6) is 0. The molecule has 1 rings (SSSR count). The highest BCUT2D eigenvalue weighted by atomic mass is 19.1. The van der Waals surface area contributed by atoms with Crippen LogP contribution in [-0.4, -0.2) is 43.0 Å². The monoisotopic (exact) mass is 194 g/mol. The molecule has 4 atom stereocenters. The van der Waals surface area contributed by atoms with Gasteiger partial charge in [-0.05, 0) is 6.92 Å². The van der Waals surface area contributed by atoms with E-state index in [1.807, 2.05) is 0 Å². The van der Waals surface area contributed by atoms with Crippen molar-refractivity contribution >= 4 is 6.16 Å². The average molecular weight is 194 g/mol. The Morgan fingerprint density at radius 1 is 1.62 bits per heavy atom. The SMILES string of the molecule is COC(=O)O[C@H]1[C@H](F)C(O)O[C@@H]1C. The van der Waals surface area contributed by atoms with Gasteiger partial charge in [0.05, 0.1) is 13.2 Å². The lowest BCUT2D eigenvalue weighted by Crippen LogP contribution is -2.33. The molecular formula is C7H11FO5. The van der Waals surface area contributed by atoms with E-state index in [4.69, 9.17) is 5.11 Å². The highest BCUT2D eigenvalue weighted by molar-refractivity contribution is 5.60. The second kappa shape index (κ2) is 3.89. The Bertz CT molecular complexity index is 197. The Morgan fingerprint density at radius 2 is 2.23 bits per heavy atom. The van der Waals surface area contributed by atoms with Crippen molar-refractivity contribution in [1.29, 1.82) is 0 Å². The molecule has 0 aromatic carbocycles. The average Bonchev–Trinajstić information content (AvgIpc) is 2.32. The number of aliphatic hydroxyl groups excluding tert-OH is 1. The maximum atomic E-state index is 13.0. The van der Waals surface area contributed by atoms with Crippen LogP contribution in [0.5, 0.6) is 0 Å². The van der Waals surface area contributed by atoms with Crippen LogP contribution in [0, 0.1) is 0 Å². The van der Waals surface area contributed by atoms with Gasteiger partial charge in [-0.2, -0.15) is 0 Å². The van der Waals surface area contributed by atoms with E-state index < -0.39 is 30.8 Å². The number of methoxy groups -OCH3 is 1. The molecule has 6 heteroatoms. The van der Waals surface area contributed by atoms with E-state index in [9.17, 15) is 9.18 Å². The predicted molar refractivity (Wildman–Crippen MR) is 38.7 cm³/mol. The van der Waals surface area contributed by atoms with Crippen LogP contribution in [0.15, 0.2) is 0 Å². The first-order valence-corrected chi connectivity index (χ1v) is 3.78. The van der Waals surface area contributed by atoms with E-state index in [0.29, 0.717) is 0 Å². The van der Waals surface area contributed by atoms with Crippen LogP contribution < -0.4 is 0 Å². The standard InChI is InChI=1S/C7H11FO5/c1-3-5(13-7(10)11-2)4(8)6(9)12-3/h3-6,9H,1-2H3/t3-,4+,5-,6?/m1/s1. The lowest BCUT2D eigenvalue weighted by atomic mass is 10.2. The molecule has 0 aromatic rings. The van der Waals surface area contributed by atoms with Gasteiger partial charge in [0.2, 0.25) is 0 Å². The Labute approximate surface area is 74.4 Å². The van der Waals surface area contributed by atoms with Crippen LogP contribution in [-0.2, 0) is 14.2 Å². The van der Waals surface area contributed by atoms with Gasteiger partial charge in [-0.3, -0.25) is 0 Å². The molecule has 0 amide bonds. The van der Waals surface area contributed by atoms with Crippen molar-refractivity contribution in [2.24, 2.45) is 0 Å². The lowest BCUT2D eigenvalue weighted by Gasteiger charge is -2.14. The second-order valence-corrected chi connectivity index (χ2v) is 2.71. The quantitative estimate of drug-likeness (QED) is 0.604. The summed E-state index contributed by atoms with van der Waals surface area (Å²) in [4.78, 5) is 10.6. The third-order valence-electron chi connectivity index (χ3n) is 1.80. The van der Waals surface area contributed by atoms with Crippen molar-refractivity contribution in [3.63, 3.8) is 0 Å². The summed E-state index contributed by atoms with van der Waals surface area (Å²) in [5, 5.41) is 8.89. The molecule has 13 heavy (non-hydrogen) atoms. The van der Waals surface area contributed by atoms with E-state index in [1.54, 1.807) is 0 Å². The van der Waals surface area contributed by atoms with E-state index in [2.05, 4.69) is 14.2 Å². The Hall–Kier alpha value is -0.880. The number of alkyl halides is 1. The summed E-state index contributed by atoms with van der Waals surface area (Å²) in [6, 6.07) is 0. The molecular weight excluding hydrogens is 183 g/mol. The van der Waals surface area contributed by atoms with Gasteiger partial charge >= 0.3 is 6.16 Å². The van der Waals surface area contributed by atoms with Gasteiger partial charge in [0.1, 0.15) is 0 Å². The van der Waals surface area contributed by atoms with Gasteiger partial charge in [-0.1, -0.05) is 0 Å². The summed E-state index contributed by atoms with van der Waals surface area (Å²) >= 11 is 0. The van der Waals surface area contributed by atoms with Crippen LogP contribution in [0.1, 0.15) is 6.92 Å². The van der Waals surface area contributed by atoms with Crippen molar-refractivity contribution in [1.82, 2.24) is 0 Å². The first-order chi connectivity index (χ1) is 6.06. The van der Waals surface area contributed by atoms with E-state index in [0.717, 1.165) is 7.11 Å². The molecule has 0 aliphatic carbocycles. The van der Waals surface area contributed by atoms with E-state index in [1.165, 1.54) is 6.92 Å². The molecule has 1 aliphatic heterocycles. The topological polar surface area (TPSA) is 65.0 Å². The molecule has 0 saturated carbocycles. The van der Waals surface area contributed by atoms with Crippen molar-refractivity contribution in [2.45, 2.75) is 31.6 Å². The molecule has 1 heterocycles. The third-order valence-corrected chi connectivity index (χ3v) is 1.80. The van der Waals surface area contributed by atoms with Crippen LogP contribution in [0.2, 0.25) is 0 Å². The summed E-state index contributed by atoms with van der Waals surface area (Å²) in [6.45, 7) is 1.50. The van der Waals surface area contributed by atoms with Crippen LogP contribution in [0.25, 0.3) is 0 Å². The molecule has 1 N–H and O–H groups in total. The highest BCUT2D eigenvalue weighted by Crippen LogP contribution is 2.25. The number of halogens is 1. The molecule has 1 saturated heterocycles. The normalized spacial score (nSPS) is 38.8. The molecule has 0 radical (unpaired) electrons. The first kappa shape index (κ1) is 10.2. The minimum atomic E-state index is -1.73. The largest absolute Gasteiger partial charge is 0.508 e. The zero-order chi connectivity index (χ0) is 10.0. The maximum absolute atomic E-state index is 13.0. The van der Waals surface area contributed by atoms with Gasteiger partial charge in [-0.25, -0.2) is 9.18 Å². The fourth-order valence-electron chi connectivity index (χ4n) is 1.11. The van der Waals surface area contributed by atoms with E-state index >= 15 is 0 Å². The molecule has 0 aromatic heterocycles. The molecule has 1 unspecified atom stereocenters. The number of hydrogen-bond acceptors (Lipinski definition) is 5. The lowest BCUT2D eigenvalue weighted by molar-refractivity contribution is -0.108. The fourth-order valence-corrected chi connectivity index (χ4v) is 1.11. The Balaban J connectivity index is 2.53. The Morgan fingerprint density at radius 3 is 2.62 bits per heavy atom. The third kappa shape index (κ3) is 2.07. The van der Waals surface area contributed by atoms with Gasteiger partial charge in [-0.15, -0.1) is 0 Å². The minimum Gasteiger partial charge on any atom is -0.438 e. The highest BCUT2D eigenvalue weighted by Gasteiger charge is 2.44.